The van der Waals surface area contributed by atoms with Gasteiger partial charge in [0, 0.05) is 45.8 Å². The van der Waals surface area contributed by atoms with Crippen molar-refractivity contribution >= 4 is 0 Å². The van der Waals surface area contributed by atoms with Gasteiger partial charge in [0.2, 0.25) is 0 Å². The fourth-order valence-electron chi connectivity index (χ4n) is 1.92. The Labute approximate surface area is 139 Å². The van der Waals surface area contributed by atoms with Crippen LogP contribution in [0.4, 0.5) is 0 Å². The molecule has 18 heavy (non-hydrogen) atoms. The zero-order chi connectivity index (χ0) is 13.1. The Morgan fingerprint density at radius 2 is 2.11 bits per heavy atom. The van der Waals surface area contributed by atoms with Gasteiger partial charge < -0.3 is 15.0 Å². The first-order valence-corrected chi connectivity index (χ1v) is 6.72. The quantitative estimate of drug-likeness (QED) is 0.581. The molecule has 1 fully saturated rings. The van der Waals surface area contributed by atoms with Crippen molar-refractivity contribution in [2.24, 2.45) is 0 Å². The van der Waals surface area contributed by atoms with E-state index in [1.54, 1.807) is 0 Å². The van der Waals surface area contributed by atoms with Crippen LogP contribution in [0, 0.1) is 7.05 Å². The molecule has 0 bridgehead atoms. The van der Waals surface area contributed by atoms with Gasteiger partial charge in [0.1, 0.15) is 0 Å². The normalized spacial score (nSPS) is 20.0. The summed E-state index contributed by atoms with van der Waals surface area (Å²) in [6.45, 7) is 10.2. The van der Waals surface area contributed by atoms with Crippen molar-refractivity contribution in [3.05, 3.63) is 7.05 Å². The molecule has 1 N–H and O–H groups in total. The van der Waals surface area contributed by atoms with E-state index in [-0.39, 0.29) is 32.7 Å². The molecule has 4 nitrogen and oxygen atoms in total. The summed E-state index contributed by atoms with van der Waals surface area (Å²) in [6.07, 6.45) is 1.54. The standard InChI is InChI=1S/C11H24N3O.C2H6.Y/c1-12-5-4-6-14-7-8-15-11(10-14)9-13(2)3;1-2;/h11-12H,2,4-10H2,1,3H3;1-2H3;/q-1;;. The van der Waals surface area contributed by atoms with Gasteiger partial charge in [-0.05, 0) is 40.2 Å². The summed E-state index contributed by atoms with van der Waals surface area (Å²) in [6, 6.07) is 0. The largest absolute Gasteiger partial charge is 0.460 e. The molecular formula is C13H30N3OY-. The van der Waals surface area contributed by atoms with Crippen molar-refractivity contribution in [2.75, 3.05) is 53.4 Å². The van der Waals surface area contributed by atoms with Crippen LogP contribution in [0.15, 0.2) is 0 Å². The maximum absolute atomic E-state index is 5.69. The second kappa shape index (κ2) is 14.4. The van der Waals surface area contributed by atoms with Gasteiger partial charge in [-0.25, -0.2) is 0 Å². The summed E-state index contributed by atoms with van der Waals surface area (Å²) < 4.78 is 5.69. The topological polar surface area (TPSA) is 27.7 Å². The summed E-state index contributed by atoms with van der Waals surface area (Å²) in [5.41, 5.74) is 0. The van der Waals surface area contributed by atoms with Crippen molar-refractivity contribution in [3.8, 4) is 0 Å². The number of nitrogens with one attached hydrogen (secondary N) is 1. The van der Waals surface area contributed by atoms with Gasteiger partial charge in [0.15, 0.2) is 0 Å². The van der Waals surface area contributed by atoms with E-state index in [1.165, 1.54) is 13.0 Å². The fourth-order valence-corrected chi connectivity index (χ4v) is 1.92. The van der Waals surface area contributed by atoms with Gasteiger partial charge in [-0.3, -0.25) is 11.9 Å². The number of morpholine rings is 1. The van der Waals surface area contributed by atoms with E-state index in [0.29, 0.717) is 6.10 Å². The number of ether oxygens (including phenoxy) is 1. The minimum atomic E-state index is 0. The Hall–Kier alpha value is 0.944. The van der Waals surface area contributed by atoms with E-state index < -0.39 is 0 Å². The molecule has 1 atom stereocenters. The van der Waals surface area contributed by atoms with E-state index in [0.717, 1.165) is 32.8 Å². The first-order chi connectivity index (χ1) is 8.22. The van der Waals surface area contributed by atoms with Crippen LogP contribution in [0.5, 0.6) is 0 Å². The molecule has 1 rings (SSSR count). The number of nitrogens with zero attached hydrogens (tertiary/aromatic N) is 2. The number of hydrogen-bond acceptors (Lipinski definition) is 4. The number of hydrogen-bond donors (Lipinski definition) is 1. The van der Waals surface area contributed by atoms with E-state index in [2.05, 4.69) is 17.3 Å². The Balaban J connectivity index is 0. The maximum atomic E-state index is 5.69. The van der Waals surface area contributed by atoms with Crippen LogP contribution >= 0.6 is 0 Å². The van der Waals surface area contributed by atoms with Crippen LogP contribution in [0.3, 0.4) is 0 Å². The molecule has 0 aromatic carbocycles. The first-order valence-electron chi connectivity index (χ1n) is 6.72. The van der Waals surface area contributed by atoms with Crippen molar-refractivity contribution in [1.29, 1.82) is 0 Å². The van der Waals surface area contributed by atoms with Crippen molar-refractivity contribution in [2.45, 2.75) is 26.4 Å². The Kier molecular flexibility index (Phi) is 16.9. The second-order valence-electron chi connectivity index (χ2n) is 4.29. The number of likely N-dealkylation sites (N-methyl/N-ethyl adjacent to an activating group) is 1. The van der Waals surface area contributed by atoms with Gasteiger partial charge in [0.05, 0.1) is 12.7 Å². The second-order valence-corrected chi connectivity index (χ2v) is 4.29. The third-order valence-corrected chi connectivity index (χ3v) is 2.64. The van der Waals surface area contributed by atoms with E-state index in [4.69, 9.17) is 4.74 Å². The summed E-state index contributed by atoms with van der Waals surface area (Å²) in [5.74, 6) is 0. The molecule has 107 valence electrons. The fraction of sp³-hybridized carbons (Fsp3) is 0.923. The van der Waals surface area contributed by atoms with Gasteiger partial charge in [-0.2, -0.15) is 0 Å². The summed E-state index contributed by atoms with van der Waals surface area (Å²) in [5, 5.41) is 3.17. The van der Waals surface area contributed by atoms with Gasteiger partial charge in [-0.15, -0.1) is 0 Å². The summed E-state index contributed by atoms with van der Waals surface area (Å²) >= 11 is 0. The van der Waals surface area contributed by atoms with E-state index in [9.17, 15) is 0 Å². The van der Waals surface area contributed by atoms with Crippen LogP contribution in [-0.4, -0.2) is 69.3 Å². The average Bonchev–Trinajstić information content (AvgIpc) is 2.32. The zero-order valence-electron chi connectivity index (χ0n) is 12.6. The van der Waals surface area contributed by atoms with Crippen LogP contribution < -0.4 is 5.32 Å². The Morgan fingerprint density at radius 3 is 2.67 bits per heavy atom. The maximum Gasteiger partial charge on any atom is 0.0805 e. The Morgan fingerprint density at radius 1 is 1.44 bits per heavy atom. The molecule has 0 saturated carbocycles. The summed E-state index contributed by atoms with van der Waals surface area (Å²) in [7, 11) is 7.85. The molecule has 1 aliphatic rings. The minimum Gasteiger partial charge on any atom is -0.460 e. The first kappa shape index (κ1) is 21.2. The smallest absolute Gasteiger partial charge is 0.0805 e. The summed E-state index contributed by atoms with van der Waals surface area (Å²) in [4.78, 5) is 4.43. The van der Waals surface area contributed by atoms with Gasteiger partial charge in [0.25, 0.3) is 0 Å². The third kappa shape index (κ3) is 10.8. The van der Waals surface area contributed by atoms with Crippen LogP contribution in [0.2, 0.25) is 0 Å². The Bertz CT molecular complexity index is 170. The van der Waals surface area contributed by atoms with Crippen molar-refractivity contribution in [3.63, 3.8) is 0 Å². The van der Waals surface area contributed by atoms with Crippen LogP contribution in [0.25, 0.3) is 0 Å². The predicted octanol–water partition coefficient (Wildman–Crippen LogP) is 1.04. The van der Waals surface area contributed by atoms with E-state index >= 15 is 0 Å². The molecule has 1 aliphatic heterocycles. The molecule has 5 heteroatoms. The molecule has 1 saturated heterocycles. The molecule has 0 aliphatic carbocycles. The predicted molar refractivity (Wildman–Crippen MR) is 74.1 cm³/mol. The number of rotatable bonds is 6. The van der Waals surface area contributed by atoms with Crippen molar-refractivity contribution < 1.29 is 37.4 Å². The zero-order valence-corrected chi connectivity index (χ0v) is 15.5. The third-order valence-electron chi connectivity index (χ3n) is 2.64. The molecule has 0 amide bonds. The van der Waals surface area contributed by atoms with Crippen molar-refractivity contribution in [1.82, 2.24) is 15.1 Å². The van der Waals surface area contributed by atoms with Gasteiger partial charge >= 0.3 is 0 Å². The molecule has 0 spiro atoms. The monoisotopic (exact) mass is 333 g/mol. The SMILES string of the molecule is CC.[CH2-]N(C)CC1CN(CCCNC)CCO1.[Y]. The van der Waals surface area contributed by atoms with Crippen LogP contribution in [-0.2, 0) is 37.4 Å². The molecule has 0 aromatic heterocycles. The molecule has 0 aromatic rings. The average molecular weight is 333 g/mol. The van der Waals surface area contributed by atoms with Gasteiger partial charge in [-0.1, -0.05) is 13.8 Å². The molecular weight excluding hydrogens is 303 g/mol. The van der Waals surface area contributed by atoms with E-state index in [1.807, 2.05) is 32.8 Å². The minimum absolute atomic E-state index is 0. The molecule has 1 heterocycles. The molecule has 1 unspecified atom stereocenters. The van der Waals surface area contributed by atoms with Crippen LogP contribution in [0.1, 0.15) is 20.3 Å². The molecule has 1 radical (unpaired) electrons.